The highest BCUT2D eigenvalue weighted by atomic mass is 35.5. The summed E-state index contributed by atoms with van der Waals surface area (Å²) in [5, 5.41) is 2.93. The molecule has 0 fully saturated rings. The van der Waals surface area contributed by atoms with Crippen molar-refractivity contribution in [2.24, 2.45) is 4.99 Å². The molecule has 0 spiro atoms. The fourth-order valence-electron chi connectivity index (χ4n) is 2.97. The van der Waals surface area contributed by atoms with E-state index in [0.29, 0.717) is 11.4 Å². The molecular weight excluding hydrogens is 370 g/mol. The van der Waals surface area contributed by atoms with E-state index in [1.165, 1.54) is 0 Å². The summed E-state index contributed by atoms with van der Waals surface area (Å²) in [5.74, 6) is -0.328. The van der Waals surface area contributed by atoms with Crippen molar-refractivity contribution >= 4 is 34.6 Å². The first-order valence-electron chi connectivity index (χ1n) is 9.30. The van der Waals surface area contributed by atoms with Gasteiger partial charge >= 0.3 is 5.97 Å². The lowest BCUT2D eigenvalue weighted by atomic mass is 9.99. The molecule has 3 aromatic carbocycles. The third kappa shape index (κ3) is 5.43. The number of esters is 1. The van der Waals surface area contributed by atoms with Crippen molar-refractivity contribution in [3.63, 3.8) is 0 Å². The molecule has 3 nitrogen and oxygen atoms in total. The lowest BCUT2D eigenvalue weighted by molar-refractivity contribution is -0.156. The van der Waals surface area contributed by atoms with Crippen LogP contribution in [0.3, 0.4) is 0 Å². The number of carbonyl (C=O) groups is 1. The van der Waals surface area contributed by atoms with Gasteiger partial charge in [0.05, 0.1) is 0 Å². The monoisotopic (exact) mass is 393 g/mol. The Bertz CT molecular complexity index is 982. The number of ether oxygens (including phenoxy) is 1. The zero-order chi connectivity index (χ0) is 20.1. The zero-order valence-electron chi connectivity index (χ0n) is 16.4. The molecular formula is C24H24ClNO2. The maximum Gasteiger partial charge on any atom is 0.331 e. The standard InChI is InChI=1S/C24H24ClNO2/c1-24(2,3)28-23(27)22(26-16-17-11-13-20(25)14-12-17)15-19-9-6-8-18-7-4-5-10-21(18)19/h4-14,16,22H,15H2,1-3H3/t22-/m1/s1. The van der Waals surface area contributed by atoms with E-state index in [2.05, 4.69) is 23.2 Å². The van der Waals surface area contributed by atoms with Gasteiger partial charge in [-0.05, 0) is 54.8 Å². The van der Waals surface area contributed by atoms with Gasteiger partial charge in [0, 0.05) is 17.7 Å². The maximum atomic E-state index is 12.8. The smallest absolute Gasteiger partial charge is 0.331 e. The first-order chi connectivity index (χ1) is 13.3. The number of rotatable bonds is 5. The Morgan fingerprint density at radius 3 is 2.43 bits per heavy atom. The van der Waals surface area contributed by atoms with Crippen molar-refractivity contribution in [3.8, 4) is 0 Å². The Morgan fingerprint density at radius 1 is 1.04 bits per heavy atom. The second kappa shape index (κ2) is 8.57. The van der Waals surface area contributed by atoms with Crippen LogP contribution in [-0.4, -0.2) is 23.8 Å². The SMILES string of the molecule is CC(C)(C)OC(=O)[C@@H](Cc1cccc2ccccc12)N=Cc1ccc(Cl)cc1. The van der Waals surface area contributed by atoms with Gasteiger partial charge in [0.25, 0.3) is 0 Å². The highest BCUT2D eigenvalue weighted by molar-refractivity contribution is 6.30. The Hall–Kier alpha value is -2.65. The highest BCUT2D eigenvalue weighted by Crippen LogP contribution is 2.22. The molecule has 0 amide bonds. The molecule has 0 radical (unpaired) electrons. The summed E-state index contributed by atoms with van der Waals surface area (Å²) in [6.45, 7) is 5.59. The predicted molar refractivity (Wildman–Crippen MR) is 116 cm³/mol. The molecule has 1 atom stereocenters. The summed E-state index contributed by atoms with van der Waals surface area (Å²) in [5.41, 5.74) is 1.39. The third-order valence-corrected chi connectivity index (χ3v) is 4.50. The average molecular weight is 394 g/mol. The summed E-state index contributed by atoms with van der Waals surface area (Å²) >= 11 is 5.94. The molecule has 0 heterocycles. The van der Waals surface area contributed by atoms with E-state index in [1.54, 1.807) is 18.3 Å². The molecule has 3 rings (SSSR count). The number of benzene rings is 3. The summed E-state index contributed by atoms with van der Waals surface area (Å²) in [4.78, 5) is 17.4. The molecule has 0 aliphatic rings. The van der Waals surface area contributed by atoms with E-state index < -0.39 is 11.6 Å². The molecule has 0 aliphatic heterocycles. The molecule has 3 aromatic rings. The molecule has 0 saturated carbocycles. The zero-order valence-corrected chi connectivity index (χ0v) is 17.1. The van der Waals surface area contributed by atoms with Crippen molar-refractivity contribution < 1.29 is 9.53 Å². The van der Waals surface area contributed by atoms with Crippen LogP contribution in [0.1, 0.15) is 31.9 Å². The van der Waals surface area contributed by atoms with Crippen LogP contribution in [0.25, 0.3) is 10.8 Å². The average Bonchev–Trinajstić information content (AvgIpc) is 2.65. The van der Waals surface area contributed by atoms with Gasteiger partial charge in [0.2, 0.25) is 0 Å². The first-order valence-corrected chi connectivity index (χ1v) is 9.68. The minimum absolute atomic E-state index is 0.328. The van der Waals surface area contributed by atoms with E-state index in [4.69, 9.17) is 16.3 Å². The second-order valence-electron chi connectivity index (χ2n) is 7.72. The molecule has 0 aliphatic carbocycles. The fraction of sp³-hybridized carbons (Fsp3) is 0.250. The summed E-state index contributed by atoms with van der Waals surface area (Å²) in [6, 6.07) is 21.0. The van der Waals surface area contributed by atoms with Gasteiger partial charge in [-0.1, -0.05) is 66.2 Å². The van der Waals surface area contributed by atoms with Gasteiger partial charge in [-0.15, -0.1) is 0 Å². The fourth-order valence-corrected chi connectivity index (χ4v) is 3.10. The molecule has 0 bridgehead atoms. The van der Waals surface area contributed by atoms with E-state index in [-0.39, 0.29) is 5.97 Å². The summed E-state index contributed by atoms with van der Waals surface area (Å²) in [6.07, 6.45) is 2.18. The van der Waals surface area contributed by atoms with Crippen LogP contribution in [0, 0.1) is 0 Å². The number of nitrogens with zero attached hydrogens (tertiary/aromatic N) is 1. The van der Waals surface area contributed by atoms with Crippen molar-refractivity contribution in [3.05, 3.63) is 82.9 Å². The third-order valence-electron chi connectivity index (χ3n) is 4.25. The van der Waals surface area contributed by atoms with Crippen LogP contribution in [-0.2, 0) is 16.0 Å². The van der Waals surface area contributed by atoms with Crippen LogP contribution < -0.4 is 0 Å². The van der Waals surface area contributed by atoms with Gasteiger partial charge in [-0.3, -0.25) is 4.99 Å². The van der Waals surface area contributed by atoms with Gasteiger partial charge < -0.3 is 4.74 Å². The molecule has 0 unspecified atom stereocenters. The number of carbonyl (C=O) groups excluding carboxylic acids is 1. The minimum atomic E-state index is -0.624. The maximum absolute atomic E-state index is 12.8. The van der Waals surface area contributed by atoms with Crippen LogP contribution in [0.15, 0.2) is 71.7 Å². The van der Waals surface area contributed by atoms with Gasteiger partial charge in [0.1, 0.15) is 5.60 Å². The van der Waals surface area contributed by atoms with Crippen LogP contribution in [0.5, 0.6) is 0 Å². The topological polar surface area (TPSA) is 38.7 Å². The quantitative estimate of drug-likeness (QED) is 0.402. The number of aliphatic imine (C=N–C) groups is 1. The molecule has 0 saturated heterocycles. The van der Waals surface area contributed by atoms with E-state index in [1.807, 2.05) is 57.2 Å². The number of halogens is 1. The Labute approximate surface area is 171 Å². The van der Waals surface area contributed by atoms with Crippen molar-refractivity contribution in [1.29, 1.82) is 0 Å². The predicted octanol–water partition coefficient (Wildman–Crippen LogP) is 5.87. The summed E-state index contributed by atoms with van der Waals surface area (Å²) < 4.78 is 5.62. The van der Waals surface area contributed by atoms with Crippen LogP contribution in [0.2, 0.25) is 5.02 Å². The van der Waals surface area contributed by atoms with Crippen LogP contribution in [0.4, 0.5) is 0 Å². The second-order valence-corrected chi connectivity index (χ2v) is 8.16. The van der Waals surface area contributed by atoms with Crippen molar-refractivity contribution in [1.82, 2.24) is 0 Å². The Morgan fingerprint density at radius 2 is 1.71 bits per heavy atom. The Balaban J connectivity index is 1.91. The lowest BCUT2D eigenvalue weighted by Gasteiger charge is -2.22. The molecule has 0 N–H and O–H groups in total. The van der Waals surface area contributed by atoms with Gasteiger partial charge in [-0.2, -0.15) is 0 Å². The van der Waals surface area contributed by atoms with Crippen molar-refractivity contribution in [2.45, 2.75) is 38.8 Å². The Kier molecular flexibility index (Phi) is 6.15. The number of hydrogen-bond acceptors (Lipinski definition) is 3. The first kappa shape index (κ1) is 20.1. The van der Waals surface area contributed by atoms with E-state index in [0.717, 1.165) is 21.9 Å². The molecule has 28 heavy (non-hydrogen) atoms. The minimum Gasteiger partial charge on any atom is -0.458 e. The normalized spacial score (nSPS) is 13.0. The lowest BCUT2D eigenvalue weighted by Crippen LogP contribution is -2.32. The highest BCUT2D eigenvalue weighted by Gasteiger charge is 2.25. The van der Waals surface area contributed by atoms with E-state index >= 15 is 0 Å². The molecule has 144 valence electrons. The van der Waals surface area contributed by atoms with Crippen LogP contribution >= 0.6 is 11.6 Å². The molecule has 0 aromatic heterocycles. The van der Waals surface area contributed by atoms with Gasteiger partial charge in [0.15, 0.2) is 6.04 Å². The summed E-state index contributed by atoms with van der Waals surface area (Å²) in [7, 11) is 0. The number of hydrogen-bond donors (Lipinski definition) is 0. The van der Waals surface area contributed by atoms with Crippen molar-refractivity contribution in [2.75, 3.05) is 0 Å². The number of fused-ring (bicyclic) bond motifs is 1. The van der Waals surface area contributed by atoms with Gasteiger partial charge in [-0.25, -0.2) is 4.79 Å². The molecule has 4 heteroatoms. The largest absolute Gasteiger partial charge is 0.458 e. The van der Waals surface area contributed by atoms with E-state index in [9.17, 15) is 4.79 Å².